The summed E-state index contributed by atoms with van der Waals surface area (Å²) in [6, 6.07) is 0. The molecule has 2 aliphatic rings. The van der Waals surface area contributed by atoms with E-state index in [2.05, 4.69) is 46.4 Å². The Morgan fingerprint density at radius 2 is 1.38 bits per heavy atom. The monoisotopic (exact) mass is 212 g/mol. The minimum absolute atomic E-state index is 0.772. The van der Waals surface area contributed by atoms with E-state index in [1.807, 2.05) is 12.4 Å². The third-order valence-corrected chi connectivity index (χ3v) is 2.47. The van der Waals surface area contributed by atoms with E-state index in [9.17, 15) is 0 Å². The predicted octanol–water partition coefficient (Wildman–Crippen LogP) is 2.90. The second kappa shape index (κ2) is 6.01. The van der Waals surface area contributed by atoms with Gasteiger partial charge in [0, 0.05) is 12.4 Å². The van der Waals surface area contributed by atoms with E-state index in [1.165, 1.54) is 11.1 Å². The average Bonchev–Trinajstić information content (AvgIpc) is 2.96. The number of hydrogen-bond donors (Lipinski definition) is 0. The van der Waals surface area contributed by atoms with Gasteiger partial charge in [0.1, 0.15) is 0 Å². The van der Waals surface area contributed by atoms with Crippen molar-refractivity contribution in [3.63, 3.8) is 0 Å². The van der Waals surface area contributed by atoms with E-state index < -0.39 is 0 Å². The Bertz CT molecular complexity index is 366. The maximum absolute atomic E-state index is 4.34. The van der Waals surface area contributed by atoms with E-state index in [0.717, 1.165) is 25.9 Å². The summed E-state index contributed by atoms with van der Waals surface area (Å²) in [6.45, 7) is 1.54. The molecule has 2 heteroatoms. The molecule has 0 aromatic heterocycles. The number of hydrogen-bond acceptors (Lipinski definition) is 2. The van der Waals surface area contributed by atoms with E-state index >= 15 is 0 Å². The van der Waals surface area contributed by atoms with E-state index in [1.54, 1.807) is 0 Å². The third kappa shape index (κ3) is 3.46. The van der Waals surface area contributed by atoms with Gasteiger partial charge in [0.15, 0.2) is 0 Å². The molecule has 0 radical (unpaired) electrons. The lowest BCUT2D eigenvalue weighted by Gasteiger charge is -1.92. The van der Waals surface area contributed by atoms with E-state index in [-0.39, 0.29) is 0 Å². The van der Waals surface area contributed by atoms with Gasteiger partial charge in [-0.05, 0) is 24.0 Å². The highest BCUT2D eigenvalue weighted by atomic mass is 14.8. The highest BCUT2D eigenvalue weighted by molar-refractivity contribution is 5.81. The van der Waals surface area contributed by atoms with Crippen LogP contribution in [0, 0.1) is 0 Å². The van der Waals surface area contributed by atoms with Crippen molar-refractivity contribution in [3.8, 4) is 0 Å². The number of allylic oxidation sites excluding steroid dienone is 8. The van der Waals surface area contributed by atoms with Gasteiger partial charge in [-0.25, -0.2) is 0 Å². The molecule has 0 bridgehead atoms. The van der Waals surface area contributed by atoms with Gasteiger partial charge in [-0.1, -0.05) is 36.5 Å². The minimum Gasteiger partial charge on any atom is -0.291 e. The Kier molecular flexibility index (Phi) is 4.06. The molecule has 0 heterocycles. The van der Waals surface area contributed by atoms with Crippen LogP contribution in [-0.4, -0.2) is 25.5 Å². The lowest BCUT2D eigenvalue weighted by atomic mass is 10.2. The van der Waals surface area contributed by atoms with Crippen LogP contribution < -0.4 is 0 Å². The smallest absolute Gasteiger partial charge is 0.0585 e. The zero-order valence-corrected chi connectivity index (χ0v) is 9.34. The first-order valence-electron chi connectivity index (χ1n) is 5.66. The molecule has 0 fully saturated rings. The molecule has 0 amide bonds. The molecular formula is C14H16N2. The quantitative estimate of drug-likeness (QED) is 0.494. The molecule has 0 unspecified atom stereocenters. The van der Waals surface area contributed by atoms with Crippen molar-refractivity contribution in [1.82, 2.24) is 0 Å². The van der Waals surface area contributed by atoms with Crippen LogP contribution in [0.4, 0.5) is 0 Å². The standard InChI is InChI=1S/C14H16N2/c1-2-6-13(5-1)11-15-9-10-16-12-14-7-3-4-8-14/h1-5,7,11-12H,6,8-10H2. The van der Waals surface area contributed by atoms with Crippen LogP contribution in [0.3, 0.4) is 0 Å². The second-order valence-electron chi connectivity index (χ2n) is 3.82. The van der Waals surface area contributed by atoms with Crippen molar-refractivity contribution in [2.45, 2.75) is 12.8 Å². The normalized spacial score (nSPS) is 19.0. The molecule has 2 aliphatic carbocycles. The molecular weight excluding hydrogens is 196 g/mol. The fourth-order valence-electron chi connectivity index (χ4n) is 1.60. The van der Waals surface area contributed by atoms with E-state index in [4.69, 9.17) is 0 Å². The molecule has 0 saturated carbocycles. The van der Waals surface area contributed by atoms with Crippen molar-refractivity contribution in [2.24, 2.45) is 9.98 Å². The Balaban J connectivity index is 1.61. The molecule has 0 aromatic carbocycles. The molecule has 2 nitrogen and oxygen atoms in total. The fraction of sp³-hybridized carbons (Fsp3) is 0.286. The zero-order valence-electron chi connectivity index (χ0n) is 9.34. The molecule has 0 spiro atoms. The van der Waals surface area contributed by atoms with Crippen LogP contribution in [0.5, 0.6) is 0 Å². The van der Waals surface area contributed by atoms with Crippen LogP contribution in [0.1, 0.15) is 12.8 Å². The highest BCUT2D eigenvalue weighted by Gasteiger charge is 1.94. The number of nitrogens with zero attached hydrogens (tertiary/aromatic N) is 2. The van der Waals surface area contributed by atoms with Crippen molar-refractivity contribution in [1.29, 1.82) is 0 Å². The van der Waals surface area contributed by atoms with Gasteiger partial charge >= 0.3 is 0 Å². The molecule has 82 valence electrons. The first-order chi connectivity index (χ1) is 7.95. The van der Waals surface area contributed by atoms with E-state index in [0.29, 0.717) is 0 Å². The topological polar surface area (TPSA) is 24.7 Å². The summed E-state index contributed by atoms with van der Waals surface area (Å²) < 4.78 is 0. The Labute approximate surface area is 96.5 Å². The average molecular weight is 212 g/mol. The molecule has 0 saturated heterocycles. The molecule has 16 heavy (non-hydrogen) atoms. The molecule has 0 N–H and O–H groups in total. The Morgan fingerprint density at radius 3 is 1.75 bits per heavy atom. The lowest BCUT2D eigenvalue weighted by Crippen LogP contribution is -1.90. The van der Waals surface area contributed by atoms with Crippen LogP contribution in [0.15, 0.2) is 57.6 Å². The SMILES string of the molecule is C1=CCC(C=NCCN=CC2=CC=CC2)=C1. The minimum atomic E-state index is 0.772. The Morgan fingerprint density at radius 1 is 0.875 bits per heavy atom. The van der Waals surface area contributed by atoms with Crippen LogP contribution in [0.2, 0.25) is 0 Å². The Hall–Kier alpha value is -1.70. The first kappa shape index (κ1) is 10.8. The maximum atomic E-state index is 4.34. The van der Waals surface area contributed by atoms with Crippen LogP contribution >= 0.6 is 0 Å². The molecule has 0 atom stereocenters. The van der Waals surface area contributed by atoms with Gasteiger partial charge in [-0.3, -0.25) is 9.98 Å². The third-order valence-electron chi connectivity index (χ3n) is 2.47. The largest absolute Gasteiger partial charge is 0.291 e. The van der Waals surface area contributed by atoms with Gasteiger partial charge in [0.2, 0.25) is 0 Å². The predicted molar refractivity (Wildman–Crippen MR) is 70.4 cm³/mol. The fourth-order valence-corrected chi connectivity index (χ4v) is 1.60. The summed E-state index contributed by atoms with van der Waals surface area (Å²) in [7, 11) is 0. The van der Waals surface area contributed by atoms with Gasteiger partial charge in [-0.2, -0.15) is 0 Å². The van der Waals surface area contributed by atoms with Gasteiger partial charge in [0.25, 0.3) is 0 Å². The summed E-state index contributed by atoms with van der Waals surface area (Å²) in [5.41, 5.74) is 2.57. The summed E-state index contributed by atoms with van der Waals surface area (Å²) in [6.07, 6.45) is 18.5. The summed E-state index contributed by atoms with van der Waals surface area (Å²) >= 11 is 0. The molecule has 0 aliphatic heterocycles. The first-order valence-corrected chi connectivity index (χ1v) is 5.66. The summed E-state index contributed by atoms with van der Waals surface area (Å²) in [4.78, 5) is 8.67. The van der Waals surface area contributed by atoms with Crippen molar-refractivity contribution >= 4 is 12.4 Å². The zero-order chi connectivity index (χ0) is 11.1. The lowest BCUT2D eigenvalue weighted by molar-refractivity contribution is 0.982. The second-order valence-corrected chi connectivity index (χ2v) is 3.82. The van der Waals surface area contributed by atoms with Crippen LogP contribution in [0.25, 0.3) is 0 Å². The van der Waals surface area contributed by atoms with Gasteiger partial charge < -0.3 is 0 Å². The summed E-state index contributed by atoms with van der Waals surface area (Å²) in [5, 5.41) is 0. The van der Waals surface area contributed by atoms with Crippen LogP contribution in [-0.2, 0) is 0 Å². The molecule has 2 rings (SSSR count). The van der Waals surface area contributed by atoms with Crippen molar-refractivity contribution in [2.75, 3.05) is 13.1 Å². The highest BCUT2D eigenvalue weighted by Crippen LogP contribution is 2.07. The summed E-state index contributed by atoms with van der Waals surface area (Å²) in [5.74, 6) is 0. The van der Waals surface area contributed by atoms with Crippen molar-refractivity contribution in [3.05, 3.63) is 47.6 Å². The number of rotatable bonds is 5. The number of aliphatic imine (C=N–C) groups is 2. The maximum Gasteiger partial charge on any atom is 0.0585 e. The van der Waals surface area contributed by atoms with Crippen molar-refractivity contribution < 1.29 is 0 Å². The molecule has 0 aromatic rings. The van der Waals surface area contributed by atoms with Gasteiger partial charge in [-0.15, -0.1) is 0 Å². The van der Waals surface area contributed by atoms with Gasteiger partial charge in [0.05, 0.1) is 13.1 Å².